The van der Waals surface area contributed by atoms with Crippen molar-refractivity contribution >= 4 is 22.4 Å². The van der Waals surface area contributed by atoms with Crippen LogP contribution in [0.15, 0.2) is 60.7 Å². The summed E-state index contributed by atoms with van der Waals surface area (Å²) in [5, 5.41) is 5.53. The first-order valence-corrected chi connectivity index (χ1v) is 8.67. The number of nitrogens with one attached hydrogen (secondary N) is 2. The average Bonchev–Trinajstić information content (AvgIpc) is 2.58. The molecule has 3 nitrogen and oxygen atoms in total. The second-order valence-electron chi connectivity index (χ2n) is 6.86. The van der Waals surface area contributed by atoms with Gasteiger partial charge in [0.15, 0.2) is 6.54 Å². The molecule has 0 aromatic heterocycles. The van der Waals surface area contributed by atoms with Crippen LogP contribution in [0.2, 0.25) is 0 Å². The molecule has 0 aliphatic carbocycles. The Morgan fingerprint density at radius 3 is 2.52 bits per heavy atom. The van der Waals surface area contributed by atoms with E-state index in [4.69, 9.17) is 0 Å². The van der Waals surface area contributed by atoms with Gasteiger partial charge in [-0.25, -0.2) is 0 Å². The van der Waals surface area contributed by atoms with Gasteiger partial charge >= 0.3 is 0 Å². The van der Waals surface area contributed by atoms with Gasteiger partial charge in [-0.3, -0.25) is 4.79 Å². The van der Waals surface area contributed by atoms with Gasteiger partial charge in [-0.2, -0.15) is 0 Å². The van der Waals surface area contributed by atoms with E-state index in [-0.39, 0.29) is 5.91 Å². The van der Waals surface area contributed by atoms with Gasteiger partial charge in [-0.1, -0.05) is 48.5 Å². The van der Waals surface area contributed by atoms with Crippen molar-refractivity contribution in [2.24, 2.45) is 0 Å². The number of anilines is 1. The van der Waals surface area contributed by atoms with Crippen molar-refractivity contribution in [1.29, 1.82) is 0 Å². The first-order chi connectivity index (χ1) is 12.0. The van der Waals surface area contributed by atoms with E-state index in [0.717, 1.165) is 28.3 Å². The van der Waals surface area contributed by atoms with Crippen LogP contribution in [0.1, 0.15) is 16.7 Å². The Morgan fingerprint density at radius 1 is 0.960 bits per heavy atom. The highest BCUT2D eigenvalue weighted by Gasteiger charge is 2.12. The fourth-order valence-electron chi connectivity index (χ4n) is 3.10. The number of aryl methyl sites for hydroxylation is 2. The number of rotatable bonds is 5. The summed E-state index contributed by atoms with van der Waals surface area (Å²) in [5.74, 6) is 0.0481. The molecule has 3 heteroatoms. The van der Waals surface area contributed by atoms with E-state index >= 15 is 0 Å². The summed E-state index contributed by atoms with van der Waals surface area (Å²) >= 11 is 0. The number of benzene rings is 3. The largest absolute Gasteiger partial charge is 0.326 e. The van der Waals surface area contributed by atoms with Crippen LogP contribution in [0.3, 0.4) is 0 Å². The highest BCUT2D eigenvalue weighted by Crippen LogP contribution is 2.16. The number of hydrogen-bond acceptors (Lipinski definition) is 1. The number of hydrogen-bond donors (Lipinski definition) is 2. The number of carbonyl (C=O) groups is 1. The van der Waals surface area contributed by atoms with Gasteiger partial charge in [-0.15, -0.1) is 0 Å². The summed E-state index contributed by atoms with van der Waals surface area (Å²) in [6.45, 7) is 5.32. The summed E-state index contributed by atoms with van der Waals surface area (Å²) in [7, 11) is 2.05. The number of quaternary nitrogens is 1. The van der Waals surface area contributed by atoms with Crippen molar-refractivity contribution in [3.63, 3.8) is 0 Å². The monoisotopic (exact) mass is 333 g/mol. The Morgan fingerprint density at radius 2 is 1.72 bits per heavy atom. The molecule has 2 N–H and O–H groups in total. The number of fused-ring (bicyclic) bond motifs is 1. The molecule has 1 amide bonds. The number of likely N-dealkylation sites (N-methyl/N-ethyl adjacent to an activating group) is 1. The zero-order valence-electron chi connectivity index (χ0n) is 15.1. The first-order valence-electron chi connectivity index (χ1n) is 8.67. The van der Waals surface area contributed by atoms with Crippen molar-refractivity contribution in [3.8, 4) is 0 Å². The molecule has 1 atom stereocenters. The SMILES string of the molecule is Cc1ccc(C)c(NC(=O)C[NH+](C)Cc2ccc3ccccc3c2)c1. The molecule has 3 rings (SSSR count). The van der Waals surface area contributed by atoms with Gasteiger partial charge in [0, 0.05) is 11.3 Å². The quantitative estimate of drug-likeness (QED) is 0.739. The fourth-order valence-corrected chi connectivity index (χ4v) is 3.10. The van der Waals surface area contributed by atoms with Gasteiger partial charge in [0.05, 0.1) is 7.05 Å². The zero-order valence-corrected chi connectivity index (χ0v) is 15.1. The van der Waals surface area contributed by atoms with Crippen LogP contribution < -0.4 is 10.2 Å². The van der Waals surface area contributed by atoms with Crippen LogP contribution in [0.5, 0.6) is 0 Å². The van der Waals surface area contributed by atoms with E-state index in [9.17, 15) is 4.79 Å². The van der Waals surface area contributed by atoms with Crippen LogP contribution in [0, 0.1) is 13.8 Å². The van der Waals surface area contributed by atoms with E-state index in [2.05, 4.69) is 60.9 Å². The van der Waals surface area contributed by atoms with E-state index in [1.54, 1.807) is 0 Å². The van der Waals surface area contributed by atoms with Gasteiger partial charge in [0.1, 0.15) is 6.54 Å². The van der Waals surface area contributed by atoms with Crippen LogP contribution in [-0.2, 0) is 11.3 Å². The third-order valence-electron chi connectivity index (χ3n) is 4.45. The van der Waals surface area contributed by atoms with Crippen molar-refractivity contribution in [2.75, 3.05) is 18.9 Å². The van der Waals surface area contributed by atoms with Crippen LogP contribution in [-0.4, -0.2) is 19.5 Å². The molecule has 3 aromatic carbocycles. The minimum absolute atomic E-state index is 0.0481. The van der Waals surface area contributed by atoms with Crippen LogP contribution in [0.4, 0.5) is 5.69 Å². The van der Waals surface area contributed by atoms with Crippen molar-refractivity contribution in [1.82, 2.24) is 0 Å². The standard InChI is InChI=1S/C22H24N2O/c1-16-8-9-17(2)21(12-16)23-22(25)15-24(3)14-18-10-11-19-6-4-5-7-20(19)13-18/h4-13H,14-15H2,1-3H3,(H,23,25)/p+1. The number of carbonyl (C=O) groups excluding carboxylic acids is 1. The maximum absolute atomic E-state index is 12.4. The van der Waals surface area contributed by atoms with Gasteiger partial charge in [0.25, 0.3) is 5.91 Å². The smallest absolute Gasteiger partial charge is 0.279 e. The molecule has 0 radical (unpaired) electrons. The molecule has 0 spiro atoms. The maximum Gasteiger partial charge on any atom is 0.279 e. The van der Waals surface area contributed by atoms with Crippen LogP contribution >= 0.6 is 0 Å². The molecule has 0 aliphatic rings. The minimum atomic E-state index is 0.0481. The minimum Gasteiger partial charge on any atom is -0.326 e. The molecule has 0 heterocycles. The topological polar surface area (TPSA) is 33.5 Å². The molecule has 128 valence electrons. The second-order valence-corrected chi connectivity index (χ2v) is 6.86. The average molecular weight is 333 g/mol. The molecule has 25 heavy (non-hydrogen) atoms. The lowest BCUT2D eigenvalue weighted by Crippen LogP contribution is -3.08. The Balaban J connectivity index is 1.62. The van der Waals surface area contributed by atoms with Crippen LogP contribution in [0.25, 0.3) is 10.8 Å². The molecular formula is C22H25N2O+. The van der Waals surface area contributed by atoms with E-state index in [1.165, 1.54) is 16.3 Å². The summed E-state index contributed by atoms with van der Waals surface area (Å²) in [6.07, 6.45) is 0. The predicted octanol–water partition coefficient (Wildman–Crippen LogP) is 3.11. The lowest BCUT2D eigenvalue weighted by Gasteiger charge is -2.15. The Bertz CT molecular complexity index is 901. The van der Waals surface area contributed by atoms with Gasteiger partial charge in [0.2, 0.25) is 0 Å². The molecule has 0 aliphatic heterocycles. The zero-order chi connectivity index (χ0) is 17.8. The first kappa shape index (κ1) is 17.2. The maximum atomic E-state index is 12.4. The summed E-state index contributed by atoms with van der Waals surface area (Å²) in [6, 6.07) is 21.0. The molecular weight excluding hydrogens is 308 g/mol. The Kier molecular flexibility index (Phi) is 5.15. The van der Waals surface area contributed by atoms with Crippen molar-refractivity contribution in [3.05, 3.63) is 77.4 Å². The van der Waals surface area contributed by atoms with E-state index in [1.807, 2.05) is 26.0 Å². The molecule has 0 fully saturated rings. The van der Waals surface area contributed by atoms with E-state index in [0.29, 0.717) is 6.54 Å². The summed E-state index contributed by atoms with van der Waals surface area (Å²) in [5.41, 5.74) is 4.39. The molecule has 0 bridgehead atoms. The lowest BCUT2D eigenvalue weighted by molar-refractivity contribution is -0.885. The Hall–Kier alpha value is -2.65. The predicted molar refractivity (Wildman–Crippen MR) is 104 cm³/mol. The van der Waals surface area contributed by atoms with Gasteiger partial charge < -0.3 is 10.2 Å². The summed E-state index contributed by atoms with van der Waals surface area (Å²) < 4.78 is 0. The third kappa shape index (κ3) is 4.46. The molecule has 3 aromatic rings. The van der Waals surface area contributed by atoms with E-state index < -0.39 is 0 Å². The second kappa shape index (κ2) is 7.49. The normalized spacial score (nSPS) is 12.1. The van der Waals surface area contributed by atoms with Crippen molar-refractivity contribution < 1.29 is 9.69 Å². The highest BCUT2D eigenvalue weighted by atomic mass is 16.2. The highest BCUT2D eigenvalue weighted by molar-refractivity contribution is 5.92. The molecule has 0 saturated carbocycles. The third-order valence-corrected chi connectivity index (χ3v) is 4.45. The molecule has 0 saturated heterocycles. The summed E-state index contributed by atoms with van der Waals surface area (Å²) in [4.78, 5) is 13.5. The van der Waals surface area contributed by atoms with Gasteiger partial charge in [-0.05, 0) is 47.9 Å². The van der Waals surface area contributed by atoms with Crippen molar-refractivity contribution in [2.45, 2.75) is 20.4 Å². The number of amides is 1. The lowest BCUT2D eigenvalue weighted by atomic mass is 10.1. The molecule has 1 unspecified atom stereocenters. The fraction of sp³-hybridized carbons (Fsp3) is 0.227. The Labute approximate surface area is 149 Å².